The zero-order valence-electron chi connectivity index (χ0n) is 13.4. The topological polar surface area (TPSA) is 21.3 Å². The van der Waals surface area contributed by atoms with Crippen LogP contribution in [0.1, 0.15) is 51.5 Å². The van der Waals surface area contributed by atoms with Gasteiger partial charge < -0.3 is 10.1 Å². The summed E-state index contributed by atoms with van der Waals surface area (Å²) in [6, 6.07) is 11.4. The molecule has 2 rings (SSSR count). The van der Waals surface area contributed by atoms with E-state index in [4.69, 9.17) is 4.74 Å². The van der Waals surface area contributed by atoms with Crippen LogP contribution in [-0.4, -0.2) is 25.3 Å². The number of nitrogens with one attached hydrogen (secondary N) is 1. The second kappa shape index (κ2) is 6.73. The fourth-order valence-corrected chi connectivity index (χ4v) is 3.81. The number of hydrogen-bond donors (Lipinski definition) is 1. The Morgan fingerprint density at radius 3 is 2.35 bits per heavy atom. The van der Waals surface area contributed by atoms with Gasteiger partial charge in [-0.3, -0.25) is 0 Å². The van der Waals surface area contributed by atoms with Gasteiger partial charge in [0.1, 0.15) is 0 Å². The Labute approximate surface area is 123 Å². The first-order valence-corrected chi connectivity index (χ1v) is 8.08. The molecular weight excluding hydrogens is 246 g/mol. The lowest BCUT2D eigenvalue weighted by molar-refractivity contribution is -0.0759. The molecule has 1 N–H and O–H groups in total. The standard InChI is InChI=1S/C18H29NO/c1-5-18(6-2,20-7-3)17(19-4)16-13-15(16)14-11-9-8-10-12-14/h8-12,15-17,19H,5-7,13H2,1-4H3. The van der Waals surface area contributed by atoms with Crippen molar-refractivity contribution >= 4 is 0 Å². The molecule has 1 aromatic carbocycles. The summed E-state index contributed by atoms with van der Waals surface area (Å²) in [5.41, 5.74) is 1.47. The number of benzene rings is 1. The zero-order valence-corrected chi connectivity index (χ0v) is 13.4. The molecule has 1 aliphatic carbocycles. The molecule has 1 fully saturated rings. The molecule has 1 saturated carbocycles. The van der Waals surface area contributed by atoms with Gasteiger partial charge in [0.15, 0.2) is 0 Å². The van der Waals surface area contributed by atoms with Crippen LogP contribution in [0.15, 0.2) is 30.3 Å². The molecule has 0 aromatic heterocycles. The summed E-state index contributed by atoms with van der Waals surface area (Å²) in [4.78, 5) is 0. The van der Waals surface area contributed by atoms with Gasteiger partial charge in [-0.25, -0.2) is 0 Å². The third-order valence-corrected chi connectivity index (χ3v) is 5.00. The van der Waals surface area contributed by atoms with Crippen molar-refractivity contribution in [2.75, 3.05) is 13.7 Å². The highest BCUT2D eigenvalue weighted by Gasteiger charge is 2.51. The monoisotopic (exact) mass is 275 g/mol. The van der Waals surface area contributed by atoms with E-state index in [1.165, 1.54) is 12.0 Å². The third-order valence-electron chi connectivity index (χ3n) is 5.00. The average molecular weight is 275 g/mol. The molecule has 0 saturated heterocycles. The first kappa shape index (κ1) is 15.5. The van der Waals surface area contributed by atoms with Crippen LogP contribution in [-0.2, 0) is 4.74 Å². The van der Waals surface area contributed by atoms with Gasteiger partial charge in [0.2, 0.25) is 0 Å². The second-order valence-electron chi connectivity index (χ2n) is 5.89. The van der Waals surface area contributed by atoms with Gasteiger partial charge in [0, 0.05) is 12.6 Å². The smallest absolute Gasteiger partial charge is 0.0832 e. The van der Waals surface area contributed by atoms with Crippen molar-refractivity contribution in [3.63, 3.8) is 0 Å². The molecule has 3 atom stereocenters. The molecule has 0 radical (unpaired) electrons. The van der Waals surface area contributed by atoms with Crippen LogP contribution in [0, 0.1) is 5.92 Å². The van der Waals surface area contributed by atoms with E-state index in [1.807, 2.05) is 0 Å². The van der Waals surface area contributed by atoms with Crippen molar-refractivity contribution in [2.24, 2.45) is 5.92 Å². The van der Waals surface area contributed by atoms with Crippen LogP contribution < -0.4 is 5.32 Å². The Hall–Kier alpha value is -0.860. The van der Waals surface area contributed by atoms with E-state index in [1.54, 1.807) is 0 Å². The number of ether oxygens (including phenoxy) is 1. The van der Waals surface area contributed by atoms with E-state index in [2.05, 4.69) is 63.5 Å². The van der Waals surface area contributed by atoms with E-state index in [-0.39, 0.29) is 5.60 Å². The third kappa shape index (κ3) is 2.91. The summed E-state index contributed by atoms with van der Waals surface area (Å²) in [6.45, 7) is 7.41. The highest BCUT2D eigenvalue weighted by Crippen LogP contribution is 2.52. The van der Waals surface area contributed by atoms with E-state index in [0.29, 0.717) is 17.9 Å². The van der Waals surface area contributed by atoms with Crippen LogP contribution in [0.5, 0.6) is 0 Å². The molecule has 0 amide bonds. The molecule has 2 nitrogen and oxygen atoms in total. The maximum absolute atomic E-state index is 6.20. The van der Waals surface area contributed by atoms with E-state index in [0.717, 1.165) is 19.4 Å². The molecule has 0 heterocycles. The average Bonchev–Trinajstić information content (AvgIpc) is 3.28. The maximum atomic E-state index is 6.20. The SMILES string of the molecule is CCOC(CC)(CC)C(NC)C1CC1c1ccccc1. The summed E-state index contributed by atoms with van der Waals surface area (Å²) in [6.07, 6.45) is 3.42. The molecule has 1 aromatic rings. The second-order valence-corrected chi connectivity index (χ2v) is 5.89. The summed E-state index contributed by atoms with van der Waals surface area (Å²) in [7, 11) is 2.09. The summed E-state index contributed by atoms with van der Waals surface area (Å²) in [5, 5.41) is 3.57. The first-order valence-electron chi connectivity index (χ1n) is 8.08. The largest absolute Gasteiger partial charge is 0.374 e. The predicted octanol–water partition coefficient (Wildman–Crippen LogP) is 3.97. The number of likely N-dealkylation sites (N-methyl/N-ethyl adjacent to an activating group) is 1. The van der Waals surface area contributed by atoms with Crippen molar-refractivity contribution in [3.8, 4) is 0 Å². The fourth-order valence-electron chi connectivity index (χ4n) is 3.81. The lowest BCUT2D eigenvalue weighted by Gasteiger charge is -2.40. The van der Waals surface area contributed by atoms with E-state index in [9.17, 15) is 0 Å². The molecule has 0 bridgehead atoms. The van der Waals surface area contributed by atoms with Crippen molar-refractivity contribution < 1.29 is 4.74 Å². The van der Waals surface area contributed by atoms with Crippen molar-refractivity contribution in [2.45, 2.75) is 57.6 Å². The van der Waals surface area contributed by atoms with Gasteiger partial charge in [-0.2, -0.15) is 0 Å². The molecule has 112 valence electrons. The van der Waals surface area contributed by atoms with Crippen LogP contribution in [0.3, 0.4) is 0 Å². The highest BCUT2D eigenvalue weighted by atomic mass is 16.5. The normalized spacial score (nSPS) is 23.6. The molecule has 2 heteroatoms. The van der Waals surface area contributed by atoms with Crippen molar-refractivity contribution in [1.29, 1.82) is 0 Å². The van der Waals surface area contributed by atoms with Gasteiger partial charge in [-0.1, -0.05) is 44.2 Å². The van der Waals surface area contributed by atoms with Gasteiger partial charge in [0.25, 0.3) is 0 Å². The lowest BCUT2D eigenvalue weighted by atomic mass is 9.84. The quantitative estimate of drug-likeness (QED) is 0.775. The number of rotatable bonds is 8. The molecule has 1 aliphatic rings. The van der Waals surface area contributed by atoms with Crippen molar-refractivity contribution in [3.05, 3.63) is 35.9 Å². The van der Waals surface area contributed by atoms with Gasteiger partial charge >= 0.3 is 0 Å². The molecule has 0 spiro atoms. The van der Waals surface area contributed by atoms with E-state index >= 15 is 0 Å². The van der Waals surface area contributed by atoms with Crippen LogP contribution >= 0.6 is 0 Å². The van der Waals surface area contributed by atoms with Gasteiger partial charge in [0.05, 0.1) is 5.60 Å². The highest BCUT2D eigenvalue weighted by molar-refractivity contribution is 5.27. The zero-order chi connectivity index (χ0) is 14.6. The van der Waals surface area contributed by atoms with Crippen LogP contribution in [0.4, 0.5) is 0 Å². The van der Waals surface area contributed by atoms with Crippen LogP contribution in [0.2, 0.25) is 0 Å². The maximum Gasteiger partial charge on any atom is 0.0832 e. The molecular formula is C18H29NO. The molecule has 0 aliphatic heterocycles. The van der Waals surface area contributed by atoms with Crippen molar-refractivity contribution in [1.82, 2.24) is 5.32 Å². The Morgan fingerprint density at radius 2 is 1.85 bits per heavy atom. The minimum Gasteiger partial charge on any atom is -0.374 e. The minimum absolute atomic E-state index is 0.0162. The Kier molecular flexibility index (Phi) is 5.22. The molecule has 3 unspecified atom stereocenters. The fraction of sp³-hybridized carbons (Fsp3) is 0.667. The molecule has 20 heavy (non-hydrogen) atoms. The van der Waals surface area contributed by atoms with E-state index < -0.39 is 0 Å². The minimum atomic E-state index is -0.0162. The summed E-state index contributed by atoms with van der Waals surface area (Å²) in [5.74, 6) is 1.40. The summed E-state index contributed by atoms with van der Waals surface area (Å²) >= 11 is 0. The summed E-state index contributed by atoms with van der Waals surface area (Å²) < 4.78 is 6.20. The predicted molar refractivity (Wildman–Crippen MR) is 85.1 cm³/mol. The first-order chi connectivity index (χ1) is 9.72. The Balaban J connectivity index is 2.13. The number of hydrogen-bond acceptors (Lipinski definition) is 2. The van der Waals surface area contributed by atoms with Crippen LogP contribution in [0.25, 0.3) is 0 Å². The van der Waals surface area contributed by atoms with Gasteiger partial charge in [-0.15, -0.1) is 0 Å². The Morgan fingerprint density at radius 1 is 1.20 bits per heavy atom. The lowest BCUT2D eigenvalue weighted by Crippen LogP contribution is -2.52. The van der Waals surface area contributed by atoms with Gasteiger partial charge in [-0.05, 0) is 50.6 Å². The Bertz CT molecular complexity index is 399.